The fourth-order valence-electron chi connectivity index (χ4n) is 5.20. The third kappa shape index (κ3) is 5.94. The van der Waals surface area contributed by atoms with Crippen LogP contribution in [-0.2, 0) is 14.8 Å². The summed E-state index contributed by atoms with van der Waals surface area (Å²) in [7, 11) is -4.24. The summed E-state index contributed by atoms with van der Waals surface area (Å²) in [6.45, 7) is 3.17. The number of sulfonamides is 1. The average molecular weight is 584 g/mol. The summed E-state index contributed by atoms with van der Waals surface area (Å²) in [6, 6.07) is 18.3. The van der Waals surface area contributed by atoms with Crippen LogP contribution in [0.5, 0.6) is 0 Å². The smallest absolute Gasteiger partial charge is 0.251 e. The second kappa shape index (κ2) is 12.0. The van der Waals surface area contributed by atoms with Gasteiger partial charge in [0.15, 0.2) is 4.91 Å². The van der Waals surface area contributed by atoms with Crippen molar-refractivity contribution in [2.45, 2.75) is 50.6 Å². The van der Waals surface area contributed by atoms with E-state index in [2.05, 4.69) is 46.0 Å². The Hall–Kier alpha value is -2.82. The number of nitrogens with zero attached hydrogens (tertiary/aromatic N) is 2. The minimum atomic E-state index is -4.24. The molecule has 0 spiro atoms. The number of nitriles is 1. The number of piperidine rings is 1. The van der Waals surface area contributed by atoms with Gasteiger partial charge in [-0.3, -0.25) is 0 Å². The van der Waals surface area contributed by atoms with Crippen LogP contribution in [0.15, 0.2) is 53.4 Å². The molecule has 2 aromatic carbocycles. The Morgan fingerprint density at radius 1 is 1.05 bits per heavy atom. The minimum absolute atomic E-state index is 0.239. The summed E-state index contributed by atoms with van der Waals surface area (Å²) in [4.78, 5) is 3.59. The van der Waals surface area contributed by atoms with Gasteiger partial charge in [-0.25, -0.2) is 13.1 Å². The standard InChI is InChI=1S/C29H33N3O6S2/c1-18(27(15-30)40(36,37)31-16-24-29(35)28(34)23(33)17-38-24)25-9-10-26(39-25)21-6-5-20-14-22(8-7-19(20)13-21)32-11-3-2-4-12-32/h5-10,13-14,23-24,28-29,31,33-35H,2-4,11-12,16-17H2,1H3. The molecule has 40 heavy (non-hydrogen) atoms. The molecule has 0 saturated carbocycles. The van der Waals surface area contributed by atoms with Crippen molar-refractivity contribution in [2.75, 3.05) is 31.1 Å². The quantitative estimate of drug-likeness (QED) is 0.311. The lowest BCUT2D eigenvalue weighted by Crippen LogP contribution is -2.56. The highest BCUT2D eigenvalue weighted by atomic mass is 32.2. The van der Waals surface area contributed by atoms with Crippen molar-refractivity contribution in [2.24, 2.45) is 0 Å². The van der Waals surface area contributed by atoms with Gasteiger partial charge in [0.25, 0.3) is 10.0 Å². The van der Waals surface area contributed by atoms with E-state index in [4.69, 9.17) is 4.74 Å². The molecule has 1 aromatic heterocycles. The first-order valence-electron chi connectivity index (χ1n) is 13.3. The zero-order chi connectivity index (χ0) is 28.4. The van der Waals surface area contributed by atoms with Gasteiger partial charge in [-0.2, -0.15) is 5.26 Å². The second-order valence-electron chi connectivity index (χ2n) is 10.3. The number of aliphatic hydroxyl groups is 3. The van der Waals surface area contributed by atoms with Gasteiger partial charge < -0.3 is 25.0 Å². The van der Waals surface area contributed by atoms with Crippen LogP contribution in [0.25, 0.3) is 26.8 Å². The Kier molecular flexibility index (Phi) is 8.58. The van der Waals surface area contributed by atoms with Crippen LogP contribution in [0.4, 0.5) is 5.69 Å². The maximum absolute atomic E-state index is 13.0. The number of hydrogen-bond acceptors (Lipinski definition) is 9. The lowest BCUT2D eigenvalue weighted by atomic mass is 10.0. The van der Waals surface area contributed by atoms with E-state index in [1.54, 1.807) is 19.1 Å². The Morgan fingerprint density at radius 2 is 1.77 bits per heavy atom. The number of thiophene rings is 1. The zero-order valence-electron chi connectivity index (χ0n) is 22.2. The van der Waals surface area contributed by atoms with Crippen molar-refractivity contribution in [3.63, 3.8) is 0 Å². The van der Waals surface area contributed by atoms with E-state index in [-0.39, 0.29) is 13.2 Å². The SMILES string of the molecule is CC(=C(C#N)S(=O)(=O)NCC1OCC(O)C(O)C1O)c1ccc(-c2ccc3cc(N4CCCCC4)ccc3c2)s1. The number of ether oxygens (including phenoxy) is 1. The number of allylic oxidation sites excluding steroid dienone is 2. The second-order valence-corrected chi connectivity index (χ2v) is 13.1. The molecule has 212 valence electrons. The molecule has 2 saturated heterocycles. The summed E-state index contributed by atoms with van der Waals surface area (Å²) in [5.74, 6) is 0. The molecule has 3 aromatic rings. The summed E-state index contributed by atoms with van der Waals surface area (Å²) in [5.41, 5.74) is 2.56. The largest absolute Gasteiger partial charge is 0.388 e. The highest BCUT2D eigenvalue weighted by Gasteiger charge is 2.38. The highest BCUT2D eigenvalue weighted by molar-refractivity contribution is 7.93. The van der Waals surface area contributed by atoms with Gasteiger partial charge in [-0.1, -0.05) is 18.2 Å². The zero-order valence-corrected chi connectivity index (χ0v) is 23.8. The fourth-order valence-corrected chi connectivity index (χ4v) is 7.43. The summed E-state index contributed by atoms with van der Waals surface area (Å²) in [5, 5.41) is 41.5. The number of benzene rings is 2. The van der Waals surface area contributed by atoms with Crippen molar-refractivity contribution in [1.29, 1.82) is 5.26 Å². The molecule has 0 bridgehead atoms. The number of fused-ring (bicyclic) bond motifs is 1. The Bertz CT molecular complexity index is 1560. The van der Waals surface area contributed by atoms with Crippen LogP contribution < -0.4 is 9.62 Å². The van der Waals surface area contributed by atoms with Crippen molar-refractivity contribution in [3.05, 3.63) is 58.3 Å². The first kappa shape index (κ1) is 28.7. The molecule has 0 radical (unpaired) electrons. The first-order valence-corrected chi connectivity index (χ1v) is 15.6. The molecule has 2 aliphatic rings. The Morgan fingerprint density at radius 3 is 2.52 bits per heavy atom. The van der Waals surface area contributed by atoms with E-state index in [9.17, 15) is 29.0 Å². The first-order chi connectivity index (χ1) is 19.2. The van der Waals surface area contributed by atoms with Crippen LogP contribution in [-0.4, -0.2) is 74.4 Å². The lowest BCUT2D eigenvalue weighted by molar-refractivity contribution is -0.184. The molecule has 9 nitrogen and oxygen atoms in total. The van der Waals surface area contributed by atoms with Crippen LogP contribution in [0, 0.1) is 11.3 Å². The van der Waals surface area contributed by atoms with Crippen molar-refractivity contribution >= 4 is 43.4 Å². The van der Waals surface area contributed by atoms with Gasteiger partial charge in [0, 0.05) is 35.1 Å². The predicted octanol–water partition coefficient (Wildman–Crippen LogP) is 3.21. The average Bonchev–Trinajstić information content (AvgIpc) is 3.46. The van der Waals surface area contributed by atoms with E-state index < -0.39 is 39.3 Å². The van der Waals surface area contributed by atoms with Gasteiger partial charge in [0.2, 0.25) is 0 Å². The van der Waals surface area contributed by atoms with Gasteiger partial charge >= 0.3 is 0 Å². The van der Waals surface area contributed by atoms with Gasteiger partial charge in [0.1, 0.15) is 24.4 Å². The molecule has 0 aliphatic carbocycles. The highest BCUT2D eigenvalue weighted by Crippen LogP contribution is 2.36. The van der Waals surface area contributed by atoms with E-state index in [1.807, 2.05) is 6.07 Å². The van der Waals surface area contributed by atoms with E-state index in [1.165, 1.54) is 36.3 Å². The van der Waals surface area contributed by atoms with Crippen molar-refractivity contribution < 1.29 is 28.5 Å². The van der Waals surface area contributed by atoms with Crippen LogP contribution in [0.1, 0.15) is 31.1 Å². The maximum Gasteiger partial charge on any atom is 0.251 e. The molecule has 3 heterocycles. The van der Waals surface area contributed by atoms with E-state index in [0.717, 1.165) is 34.3 Å². The third-order valence-corrected chi connectivity index (χ3v) is 10.3. The van der Waals surface area contributed by atoms with Crippen molar-refractivity contribution in [3.8, 4) is 16.5 Å². The molecule has 0 amide bonds. The molecule has 2 aliphatic heterocycles. The molecule has 4 atom stereocenters. The number of aliphatic hydroxyl groups excluding tert-OH is 3. The molecule has 5 rings (SSSR count). The fraction of sp³-hybridized carbons (Fsp3) is 0.414. The van der Waals surface area contributed by atoms with Crippen LogP contribution >= 0.6 is 11.3 Å². The van der Waals surface area contributed by atoms with Crippen LogP contribution in [0.3, 0.4) is 0 Å². The van der Waals surface area contributed by atoms with E-state index >= 15 is 0 Å². The number of rotatable bonds is 7. The normalized spacial score (nSPS) is 24.5. The summed E-state index contributed by atoms with van der Waals surface area (Å²) < 4.78 is 33.6. The van der Waals surface area contributed by atoms with Crippen LogP contribution in [0.2, 0.25) is 0 Å². The van der Waals surface area contributed by atoms with Gasteiger partial charge in [-0.15, -0.1) is 11.3 Å². The number of nitrogens with one attached hydrogen (secondary N) is 1. The topological polar surface area (TPSA) is 143 Å². The number of anilines is 1. The molecule has 4 unspecified atom stereocenters. The summed E-state index contributed by atoms with van der Waals surface area (Å²) in [6.07, 6.45) is -1.50. The Labute approximate surface area is 238 Å². The monoisotopic (exact) mass is 583 g/mol. The molecule has 4 N–H and O–H groups in total. The summed E-state index contributed by atoms with van der Waals surface area (Å²) >= 11 is 1.40. The molecular weight excluding hydrogens is 550 g/mol. The lowest BCUT2D eigenvalue weighted by Gasteiger charge is -2.35. The predicted molar refractivity (Wildman–Crippen MR) is 156 cm³/mol. The molecule has 11 heteroatoms. The van der Waals surface area contributed by atoms with E-state index in [0.29, 0.717) is 10.5 Å². The minimum Gasteiger partial charge on any atom is -0.388 e. The third-order valence-electron chi connectivity index (χ3n) is 7.60. The van der Waals surface area contributed by atoms with Gasteiger partial charge in [0.05, 0.1) is 12.7 Å². The molecule has 2 fully saturated rings. The number of hydrogen-bond donors (Lipinski definition) is 4. The Balaban J connectivity index is 1.33. The van der Waals surface area contributed by atoms with Gasteiger partial charge in [-0.05, 0) is 78.4 Å². The maximum atomic E-state index is 13.0. The van der Waals surface area contributed by atoms with Crippen molar-refractivity contribution in [1.82, 2.24) is 4.72 Å². The molecular formula is C29H33N3O6S2.